The van der Waals surface area contributed by atoms with Crippen molar-refractivity contribution in [3.63, 3.8) is 0 Å². The lowest BCUT2D eigenvalue weighted by molar-refractivity contribution is 0.973. The third-order valence-corrected chi connectivity index (χ3v) is 2.98. The van der Waals surface area contributed by atoms with Crippen molar-refractivity contribution < 1.29 is 0 Å². The fraction of sp³-hybridized carbons (Fsp3) is 0.111. The number of hydrogen-bond acceptors (Lipinski definition) is 3. The van der Waals surface area contributed by atoms with Crippen molar-refractivity contribution >= 4 is 22.9 Å². The number of alkyl halides is 1. The Balaban J connectivity index is 2.51. The lowest BCUT2D eigenvalue weighted by atomic mass is 10.2. The van der Waals surface area contributed by atoms with Gasteiger partial charge in [-0.15, -0.1) is 22.9 Å². The van der Waals surface area contributed by atoms with Crippen LogP contribution < -0.4 is 5.56 Å². The second kappa shape index (κ2) is 3.94. The van der Waals surface area contributed by atoms with Crippen molar-refractivity contribution in [1.82, 2.24) is 10.2 Å². The fourth-order valence-corrected chi connectivity index (χ4v) is 1.98. The minimum absolute atomic E-state index is 0.205. The number of halogens is 1. The van der Waals surface area contributed by atoms with E-state index in [1.165, 1.54) is 0 Å². The first-order valence-electron chi connectivity index (χ1n) is 3.99. The normalized spacial score (nSPS) is 10.4. The SMILES string of the molecule is O=c1[nH]nc(-c2cccs2)cc1CCl. The lowest BCUT2D eigenvalue weighted by Gasteiger charge is -1.97. The van der Waals surface area contributed by atoms with Crippen LogP contribution in [0, 0.1) is 0 Å². The number of rotatable bonds is 2. The van der Waals surface area contributed by atoms with Gasteiger partial charge < -0.3 is 0 Å². The Bertz CT molecular complexity index is 478. The summed E-state index contributed by atoms with van der Waals surface area (Å²) in [6, 6.07) is 5.61. The Morgan fingerprint density at radius 1 is 1.57 bits per heavy atom. The first-order valence-corrected chi connectivity index (χ1v) is 5.41. The molecule has 0 aliphatic rings. The molecule has 5 heteroatoms. The summed E-state index contributed by atoms with van der Waals surface area (Å²) < 4.78 is 0. The van der Waals surface area contributed by atoms with Crippen LogP contribution in [0.5, 0.6) is 0 Å². The van der Waals surface area contributed by atoms with Gasteiger partial charge in [0, 0.05) is 5.56 Å². The summed E-state index contributed by atoms with van der Waals surface area (Å²) >= 11 is 7.19. The van der Waals surface area contributed by atoms with E-state index in [9.17, 15) is 4.79 Å². The number of thiophene rings is 1. The molecule has 72 valence electrons. The van der Waals surface area contributed by atoms with E-state index in [-0.39, 0.29) is 11.4 Å². The molecular formula is C9H7ClN2OS. The van der Waals surface area contributed by atoms with Crippen LogP contribution in [-0.2, 0) is 5.88 Å². The Kier molecular flexibility index (Phi) is 2.65. The fourth-order valence-electron chi connectivity index (χ4n) is 1.10. The minimum Gasteiger partial charge on any atom is -0.268 e. The van der Waals surface area contributed by atoms with Crippen LogP contribution >= 0.6 is 22.9 Å². The molecule has 0 aliphatic carbocycles. The summed E-state index contributed by atoms with van der Waals surface area (Å²) in [7, 11) is 0. The second-order valence-corrected chi connectivity index (χ2v) is 3.93. The summed E-state index contributed by atoms with van der Waals surface area (Å²) in [5, 5.41) is 8.33. The summed E-state index contributed by atoms with van der Waals surface area (Å²) in [5.74, 6) is 0.205. The minimum atomic E-state index is -0.222. The van der Waals surface area contributed by atoms with Crippen LogP contribution in [0.1, 0.15) is 5.56 Å². The predicted octanol–water partition coefficient (Wildman–Crippen LogP) is 2.24. The highest BCUT2D eigenvalue weighted by atomic mass is 35.5. The largest absolute Gasteiger partial charge is 0.268 e. The van der Waals surface area contributed by atoms with E-state index in [4.69, 9.17) is 11.6 Å². The zero-order valence-corrected chi connectivity index (χ0v) is 8.73. The number of hydrogen-bond donors (Lipinski definition) is 1. The molecule has 0 atom stereocenters. The Hall–Kier alpha value is -1.13. The number of aromatic nitrogens is 2. The van der Waals surface area contributed by atoms with E-state index in [1.54, 1.807) is 17.4 Å². The van der Waals surface area contributed by atoms with Crippen LogP contribution in [0.25, 0.3) is 10.6 Å². The third kappa shape index (κ3) is 1.71. The van der Waals surface area contributed by atoms with Crippen LogP contribution in [0.2, 0.25) is 0 Å². The maximum absolute atomic E-state index is 11.2. The number of aromatic amines is 1. The molecule has 0 radical (unpaired) electrons. The van der Waals surface area contributed by atoms with Crippen molar-refractivity contribution in [1.29, 1.82) is 0 Å². The topological polar surface area (TPSA) is 45.8 Å². The van der Waals surface area contributed by atoms with E-state index in [1.807, 2.05) is 17.5 Å². The highest BCUT2D eigenvalue weighted by Gasteiger charge is 2.04. The number of H-pyrrole nitrogens is 1. The molecular weight excluding hydrogens is 220 g/mol. The van der Waals surface area contributed by atoms with Gasteiger partial charge in [0.05, 0.1) is 10.8 Å². The molecule has 0 unspecified atom stereocenters. The van der Waals surface area contributed by atoms with E-state index in [2.05, 4.69) is 10.2 Å². The van der Waals surface area contributed by atoms with Gasteiger partial charge in [-0.25, -0.2) is 5.10 Å². The van der Waals surface area contributed by atoms with E-state index in [0.717, 1.165) is 10.6 Å². The van der Waals surface area contributed by atoms with Crippen LogP contribution in [0.3, 0.4) is 0 Å². The molecule has 2 heterocycles. The van der Waals surface area contributed by atoms with Gasteiger partial charge in [0.1, 0.15) is 5.69 Å². The van der Waals surface area contributed by atoms with Gasteiger partial charge >= 0.3 is 0 Å². The van der Waals surface area contributed by atoms with Gasteiger partial charge in [0.15, 0.2) is 0 Å². The third-order valence-electron chi connectivity index (χ3n) is 1.80. The van der Waals surface area contributed by atoms with Crippen molar-refractivity contribution in [2.75, 3.05) is 0 Å². The molecule has 0 saturated carbocycles. The highest BCUT2D eigenvalue weighted by molar-refractivity contribution is 7.13. The zero-order chi connectivity index (χ0) is 9.97. The molecule has 2 rings (SSSR count). The van der Waals surface area contributed by atoms with Crippen molar-refractivity contribution in [3.8, 4) is 10.6 Å². The van der Waals surface area contributed by atoms with Crippen LogP contribution in [0.15, 0.2) is 28.4 Å². The van der Waals surface area contributed by atoms with Gasteiger partial charge in [0.2, 0.25) is 0 Å². The zero-order valence-electron chi connectivity index (χ0n) is 7.16. The molecule has 0 saturated heterocycles. The molecule has 3 nitrogen and oxygen atoms in total. The van der Waals surface area contributed by atoms with Crippen LogP contribution in [0.4, 0.5) is 0 Å². The van der Waals surface area contributed by atoms with E-state index >= 15 is 0 Å². The smallest absolute Gasteiger partial charge is 0.268 e. The number of nitrogens with zero attached hydrogens (tertiary/aromatic N) is 1. The highest BCUT2D eigenvalue weighted by Crippen LogP contribution is 2.21. The summed E-state index contributed by atoms with van der Waals surface area (Å²) in [6.07, 6.45) is 0. The standard InChI is InChI=1S/C9H7ClN2OS/c10-5-6-4-7(11-12-9(6)13)8-2-1-3-14-8/h1-4H,5H2,(H,12,13). The molecule has 14 heavy (non-hydrogen) atoms. The molecule has 0 fully saturated rings. The van der Waals surface area contributed by atoms with Gasteiger partial charge in [-0.05, 0) is 17.5 Å². The molecule has 0 amide bonds. The van der Waals surface area contributed by atoms with Crippen molar-refractivity contribution in [2.24, 2.45) is 0 Å². The molecule has 0 aromatic carbocycles. The van der Waals surface area contributed by atoms with Gasteiger partial charge in [-0.3, -0.25) is 4.79 Å². The molecule has 0 bridgehead atoms. The van der Waals surface area contributed by atoms with E-state index < -0.39 is 0 Å². The first-order chi connectivity index (χ1) is 6.81. The average Bonchev–Trinajstić information content (AvgIpc) is 2.71. The maximum atomic E-state index is 11.2. The average molecular weight is 227 g/mol. The Labute approximate surface area is 89.4 Å². The summed E-state index contributed by atoms with van der Waals surface area (Å²) in [6.45, 7) is 0. The summed E-state index contributed by atoms with van der Waals surface area (Å²) in [5.41, 5.74) is 1.08. The van der Waals surface area contributed by atoms with Gasteiger partial charge in [-0.1, -0.05) is 6.07 Å². The molecule has 2 aromatic rings. The monoisotopic (exact) mass is 226 g/mol. The lowest BCUT2D eigenvalue weighted by Crippen LogP contribution is -2.12. The first kappa shape index (κ1) is 9.43. The Morgan fingerprint density at radius 2 is 2.43 bits per heavy atom. The molecule has 0 spiro atoms. The van der Waals surface area contributed by atoms with Crippen molar-refractivity contribution in [3.05, 3.63) is 39.5 Å². The van der Waals surface area contributed by atoms with Crippen molar-refractivity contribution in [2.45, 2.75) is 5.88 Å². The van der Waals surface area contributed by atoms with Gasteiger partial charge in [0.25, 0.3) is 5.56 Å². The summed E-state index contributed by atoms with van der Waals surface area (Å²) in [4.78, 5) is 12.2. The second-order valence-electron chi connectivity index (χ2n) is 2.72. The van der Waals surface area contributed by atoms with Gasteiger partial charge in [-0.2, -0.15) is 5.10 Å². The quantitative estimate of drug-likeness (QED) is 0.799. The van der Waals surface area contributed by atoms with E-state index in [0.29, 0.717) is 5.56 Å². The predicted molar refractivity (Wildman–Crippen MR) is 57.7 cm³/mol. The molecule has 2 aromatic heterocycles. The Morgan fingerprint density at radius 3 is 3.07 bits per heavy atom. The van der Waals surface area contributed by atoms with Crippen LogP contribution in [-0.4, -0.2) is 10.2 Å². The molecule has 1 N–H and O–H groups in total. The number of nitrogens with one attached hydrogen (secondary N) is 1. The maximum Gasteiger partial charge on any atom is 0.268 e. The molecule has 0 aliphatic heterocycles.